The lowest BCUT2D eigenvalue weighted by molar-refractivity contribution is -0.140. The predicted octanol–water partition coefficient (Wildman–Crippen LogP) is 4.69. The Labute approximate surface area is 290 Å². The fourth-order valence-corrected chi connectivity index (χ4v) is 6.29. The molecule has 3 N–H and O–H groups in total. The summed E-state index contributed by atoms with van der Waals surface area (Å²) in [6, 6.07) is 18.2. The van der Waals surface area contributed by atoms with Crippen LogP contribution in [0.4, 0.5) is 5.69 Å². The van der Waals surface area contributed by atoms with Gasteiger partial charge in [0.15, 0.2) is 0 Å². The Bertz CT molecular complexity index is 1960. The van der Waals surface area contributed by atoms with Crippen LogP contribution < -0.4 is 16.0 Å². The molecule has 0 spiro atoms. The topological polar surface area (TPSA) is 161 Å². The second-order valence-electron chi connectivity index (χ2n) is 12.6. The van der Waals surface area contributed by atoms with Gasteiger partial charge in [0.25, 0.3) is 5.91 Å². The quantitative estimate of drug-likeness (QED) is 0.117. The van der Waals surface area contributed by atoms with E-state index in [2.05, 4.69) is 27.0 Å². The van der Waals surface area contributed by atoms with Crippen molar-refractivity contribution in [2.75, 3.05) is 31.5 Å². The molecule has 12 nitrogen and oxygen atoms in total. The summed E-state index contributed by atoms with van der Waals surface area (Å²) in [5.41, 5.74) is 2.47. The zero-order chi connectivity index (χ0) is 35.0. The number of likely N-dealkylation sites (tertiary alicyclic amines) is 2. The second kappa shape index (κ2) is 15.5. The van der Waals surface area contributed by atoms with Gasteiger partial charge < -0.3 is 30.2 Å². The number of amides is 3. The summed E-state index contributed by atoms with van der Waals surface area (Å²) in [6.45, 7) is 4.01. The number of nitriles is 1. The van der Waals surface area contributed by atoms with Crippen LogP contribution in [0.15, 0.2) is 88.9 Å². The van der Waals surface area contributed by atoms with Crippen LogP contribution in [-0.2, 0) is 16.1 Å². The molecule has 1 atom stereocenters. The third-order valence-electron chi connectivity index (χ3n) is 8.99. The molecule has 256 valence electrons. The first-order valence-corrected chi connectivity index (χ1v) is 16.9. The standard InChI is InChI=1S/C38H39N7O5/c1-25-20-29-21-30(11-12-33(29)50-25)42-36(43-32-6-2-3-19-45(38(32)49)24-34(46)44-17-4-5-18-44)31(22-39)35(47)27-7-9-28(10-8-27)37(48)41-23-26-13-15-40-16-14-26/h7-16,20-21,32,42-43H,2-6,17-19,23-24H2,1H3,(H,41,48)/t32-/m0/s1. The normalized spacial score (nSPS) is 16.7. The molecule has 2 aromatic carbocycles. The number of allylic oxidation sites excluding steroid dienone is 1. The molecule has 2 aliphatic rings. The molecule has 2 saturated heterocycles. The molecule has 0 unspecified atom stereocenters. The highest BCUT2D eigenvalue weighted by Gasteiger charge is 2.32. The molecule has 4 aromatic rings. The van der Waals surface area contributed by atoms with E-state index < -0.39 is 11.8 Å². The van der Waals surface area contributed by atoms with Crippen molar-refractivity contribution in [3.05, 3.63) is 107 Å². The molecule has 0 radical (unpaired) electrons. The molecule has 3 amide bonds. The number of nitrogens with one attached hydrogen (secondary N) is 3. The lowest BCUT2D eigenvalue weighted by Crippen LogP contribution is -2.49. The number of hydrogen-bond donors (Lipinski definition) is 3. The maximum absolute atomic E-state index is 13.9. The smallest absolute Gasteiger partial charge is 0.251 e. The molecule has 12 heteroatoms. The summed E-state index contributed by atoms with van der Waals surface area (Å²) in [5, 5.41) is 20.5. The number of carbonyl (C=O) groups is 4. The summed E-state index contributed by atoms with van der Waals surface area (Å²) in [6.07, 6.45) is 7.11. The molecule has 0 aliphatic carbocycles. The third-order valence-corrected chi connectivity index (χ3v) is 8.99. The van der Waals surface area contributed by atoms with Gasteiger partial charge in [0, 0.05) is 60.8 Å². The Kier molecular flexibility index (Phi) is 10.5. The first-order valence-electron chi connectivity index (χ1n) is 16.9. The van der Waals surface area contributed by atoms with Crippen molar-refractivity contribution in [2.24, 2.45) is 0 Å². The van der Waals surface area contributed by atoms with Gasteiger partial charge in [-0.05, 0) is 93.1 Å². The summed E-state index contributed by atoms with van der Waals surface area (Å²) in [4.78, 5) is 60.9. The molecule has 0 saturated carbocycles. The molecule has 4 heterocycles. The maximum atomic E-state index is 13.9. The van der Waals surface area contributed by atoms with Crippen molar-refractivity contribution in [2.45, 2.75) is 51.6 Å². The van der Waals surface area contributed by atoms with E-state index in [-0.39, 0.29) is 41.2 Å². The van der Waals surface area contributed by atoms with Crippen LogP contribution in [0, 0.1) is 18.3 Å². The Morgan fingerprint density at radius 1 is 0.940 bits per heavy atom. The van der Waals surface area contributed by atoms with Crippen LogP contribution >= 0.6 is 0 Å². The number of rotatable bonds is 11. The van der Waals surface area contributed by atoms with E-state index in [1.54, 1.807) is 46.5 Å². The zero-order valence-electron chi connectivity index (χ0n) is 27.9. The Balaban J connectivity index is 1.26. The van der Waals surface area contributed by atoms with Gasteiger partial charge in [-0.3, -0.25) is 24.2 Å². The molecule has 0 bridgehead atoms. The third kappa shape index (κ3) is 8.01. The fourth-order valence-electron chi connectivity index (χ4n) is 6.29. The van der Waals surface area contributed by atoms with Crippen LogP contribution in [0.25, 0.3) is 11.0 Å². The number of pyridine rings is 1. The van der Waals surface area contributed by atoms with Crippen LogP contribution in [-0.4, -0.2) is 70.5 Å². The Hall–Kier alpha value is -5.96. The first-order chi connectivity index (χ1) is 24.3. The van der Waals surface area contributed by atoms with Crippen molar-refractivity contribution in [1.29, 1.82) is 5.26 Å². The van der Waals surface area contributed by atoms with E-state index in [1.165, 1.54) is 24.3 Å². The van der Waals surface area contributed by atoms with Gasteiger partial charge in [-0.25, -0.2) is 0 Å². The second-order valence-corrected chi connectivity index (χ2v) is 12.6. The Morgan fingerprint density at radius 2 is 1.66 bits per heavy atom. The van der Waals surface area contributed by atoms with E-state index in [0.29, 0.717) is 55.9 Å². The van der Waals surface area contributed by atoms with E-state index in [0.717, 1.165) is 36.0 Å². The summed E-state index contributed by atoms with van der Waals surface area (Å²) in [7, 11) is 0. The van der Waals surface area contributed by atoms with Gasteiger partial charge in [-0.15, -0.1) is 0 Å². The first kappa shape index (κ1) is 33.9. The molecular weight excluding hydrogens is 634 g/mol. The zero-order valence-corrected chi connectivity index (χ0v) is 27.9. The molecule has 6 rings (SSSR count). The number of aromatic nitrogens is 1. The van der Waals surface area contributed by atoms with Crippen LogP contribution in [0.1, 0.15) is 64.1 Å². The van der Waals surface area contributed by atoms with E-state index in [1.807, 2.05) is 19.1 Å². The van der Waals surface area contributed by atoms with E-state index >= 15 is 0 Å². The highest BCUT2D eigenvalue weighted by atomic mass is 16.3. The van der Waals surface area contributed by atoms with Gasteiger partial charge in [0.2, 0.25) is 17.6 Å². The number of furan rings is 1. The minimum atomic E-state index is -0.783. The van der Waals surface area contributed by atoms with Crippen molar-refractivity contribution < 1.29 is 23.6 Å². The van der Waals surface area contributed by atoms with E-state index in [4.69, 9.17) is 4.42 Å². The number of anilines is 1. The number of benzene rings is 2. The highest BCUT2D eigenvalue weighted by molar-refractivity contribution is 6.12. The number of fused-ring (bicyclic) bond motifs is 1. The minimum absolute atomic E-state index is 0.00742. The molecule has 2 aliphatic heterocycles. The molecule has 2 aromatic heterocycles. The van der Waals surface area contributed by atoms with Gasteiger partial charge in [0.05, 0.1) is 6.54 Å². The summed E-state index contributed by atoms with van der Waals surface area (Å²) < 4.78 is 5.71. The average Bonchev–Trinajstić information content (AvgIpc) is 3.77. The monoisotopic (exact) mass is 673 g/mol. The molecule has 2 fully saturated rings. The SMILES string of the molecule is Cc1cc2cc(NC(N[C@H]3CCCCN(CC(=O)N4CCCC4)C3=O)=C(C#N)C(=O)c3ccc(C(=O)NCc4ccncc4)cc3)ccc2o1. The Morgan fingerprint density at radius 3 is 2.40 bits per heavy atom. The highest BCUT2D eigenvalue weighted by Crippen LogP contribution is 2.25. The van der Waals surface area contributed by atoms with Gasteiger partial charge in [-0.1, -0.05) is 12.1 Å². The summed E-state index contributed by atoms with van der Waals surface area (Å²) >= 11 is 0. The van der Waals surface area contributed by atoms with Gasteiger partial charge in [-0.2, -0.15) is 5.26 Å². The summed E-state index contributed by atoms with van der Waals surface area (Å²) in [5.74, 6) is -0.430. The van der Waals surface area contributed by atoms with Crippen molar-refractivity contribution in [3.63, 3.8) is 0 Å². The molecular formula is C38H39N7O5. The maximum Gasteiger partial charge on any atom is 0.251 e. The number of nitrogens with zero attached hydrogens (tertiary/aromatic N) is 4. The lowest BCUT2D eigenvalue weighted by Gasteiger charge is -2.28. The number of hydrogen-bond acceptors (Lipinski definition) is 9. The number of aryl methyl sites for hydroxylation is 1. The molecule has 50 heavy (non-hydrogen) atoms. The number of Topliss-reactive ketones (excluding diaryl/α,β-unsaturated/α-hetero) is 1. The number of carbonyl (C=O) groups excluding carboxylic acids is 4. The van der Waals surface area contributed by atoms with Gasteiger partial charge >= 0.3 is 0 Å². The minimum Gasteiger partial charge on any atom is -0.461 e. The fraction of sp³-hybridized carbons (Fsp3) is 0.316. The number of ketones is 1. The van der Waals surface area contributed by atoms with Crippen molar-refractivity contribution in [3.8, 4) is 6.07 Å². The van der Waals surface area contributed by atoms with Crippen LogP contribution in [0.2, 0.25) is 0 Å². The average molecular weight is 674 g/mol. The van der Waals surface area contributed by atoms with Crippen LogP contribution in [0.5, 0.6) is 0 Å². The van der Waals surface area contributed by atoms with Crippen molar-refractivity contribution in [1.82, 2.24) is 25.4 Å². The predicted molar refractivity (Wildman–Crippen MR) is 187 cm³/mol. The van der Waals surface area contributed by atoms with Crippen LogP contribution in [0.3, 0.4) is 0 Å². The van der Waals surface area contributed by atoms with Gasteiger partial charge in [0.1, 0.15) is 34.8 Å². The lowest BCUT2D eigenvalue weighted by atomic mass is 10.0. The van der Waals surface area contributed by atoms with E-state index in [9.17, 15) is 24.4 Å². The van der Waals surface area contributed by atoms with Crippen molar-refractivity contribution >= 4 is 40.2 Å². The largest absolute Gasteiger partial charge is 0.461 e.